The molecule has 10 heavy (non-hydrogen) atoms. The van der Waals surface area contributed by atoms with Crippen LogP contribution in [0.4, 0.5) is 0 Å². The Bertz CT molecular complexity index is 164. The summed E-state index contributed by atoms with van der Waals surface area (Å²) < 4.78 is 5.61. The molecule has 1 saturated heterocycles. The van der Waals surface area contributed by atoms with Crippen molar-refractivity contribution in [3.05, 3.63) is 12.7 Å². The molecule has 2 fully saturated rings. The molecular weight excluding hydrogens is 124 g/mol. The summed E-state index contributed by atoms with van der Waals surface area (Å²) in [5, 5.41) is 0. The van der Waals surface area contributed by atoms with Crippen LogP contribution in [0.5, 0.6) is 0 Å². The van der Waals surface area contributed by atoms with Gasteiger partial charge in [-0.15, -0.1) is 6.58 Å². The summed E-state index contributed by atoms with van der Waals surface area (Å²) in [4.78, 5) is 0. The standard InChI is InChI=1S/C9H14O/c1-3-8-9(10-8)6-4-5-7(9)2/h3,7-8H,1,4-6H2,2H3. The highest BCUT2D eigenvalue weighted by Gasteiger charge is 2.59. The van der Waals surface area contributed by atoms with E-state index in [1.807, 2.05) is 6.08 Å². The number of ether oxygens (including phenoxy) is 1. The van der Waals surface area contributed by atoms with Crippen LogP contribution in [-0.2, 0) is 4.74 Å². The van der Waals surface area contributed by atoms with Gasteiger partial charge in [-0.1, -0.05) is 19.4 Å². The lowest BCUT2D eigenvalue weighted by Crippen LogP contribution is -2.16. The molecule has 2 aliphatic rings. The molecule has 1 aliphatic carbocycles. The van der Waals surface area contributed by atoms with E-state index in [4.69, 9.17) is 4.74 Å². The molecule has 56 valence electrons. The second kappa shape index (κ2) is 1.85. The highest BCUT2D eigenvalue weighted by molar-refractivity contribution is 5.15. The van der Waals surface area contributed by atoms with E-state index in [1.165, 1.54) is 19.3 Å². The van der Waals surface area contributed by atoms with Crippen molar-refractivity contribution in [2.24, 2.45) is 5.92 Å². The Kier molecular flexibility index (Phi) is 1.19. The Labute approximate surface area is 62.1 Å². The number of hydrogen-bond acceptors (Lipinski definition) is 1. The first kappa shape index (κ1) is 6.41. The SMILES string of the molecule is C=CC1OC12CCCC2C. The monoisotopic (exact) mass is 138 g/mol. The Hall–Kier alpha value is -0.300. The summed E-state index contributed by atoms with van der Waals surface area (Å²) in [5.41, 5.74) is 0.252. The highest BCUT2D eigenvalue weighted by atomic mass is 16.6. The summed E-state index contributed by atoms with van der Waals surface area (Å²) in [6.45, 7) is 6.04. The van der Waals surface area contributed by atoms with Crippen LogP contribution < -0.4 is 0 Å². The largest absolute Gasteiger partial charge is 0.361 e. The fourth-order valence-corrected chi connectivity index (χ4v) is 2.22. The van der Waals surface area contributed by atoms with Crippen molar-refractivity contribution in [2.45, 2.75) is 37.9 Å². The van der Waals surface area contributed by atoms with Crippen LogP contribution in [0.1, 0.15) is 26.2 Å². The quantitative estimate of drug-likeness (QED) is 0.399. The summed E-state index contributed by atoms with van der Waals surface area (Å²) in [5.74, 6) is 0.760. The first-order valence-electron chi connectivity index (χ1n) is 4.10. The molecule has 1 spiro atoms. The van der Waals surface area contributed by atoms with Gasteiger partial charge in [0.25, 0.3) is 0 Å². The highest BCUT2D eigenvalue weighted by Crippen LogP contribution is 2.53. The summed E-state index contributed by atoms with van der Waals surface area (Å²) >= 11 is 0. The van der Waals surface area contributed by atoms with E-state index >= 15 is 0 Å². The molecule has 0 aromatic carbocycles. The molecule has 0 amide bonds. The molecule has 3 atom stereocenters. The summed E-state index contributed by atoms with van der Waals surface area (Å²) in [6, 6.07) is 0. The molecule has 1 aliphatic heterocycles. The third-order valence-corrected chi connectivity index (χ3v) is 3.02. The first-order valence-corrected chi connectivity index (χ1v) is 4.10. The van der Waals surface area contributed by atoms with Crippen molar-refractivity contribution in [3.8, 4) is 0 Å². The smallest absolute Gasteiger partial charge is 0.105 e. The number of epoxide rings is 1. The van der Waals surface area contributed by atoms with Gasteiger partial charge in [-0.25, -0.2) is 0 Å². The molecule has 0 bridgehead atoms. The van der Waals surface area contributed by atoms with Gasteiger partial charge in [0.1, 0.15) is 11.7 Å². The van der Waals surface area contributed by atoms with Crippen LogP contribution in [0.15, 0.2) is 12.7 Å². The maximum Gasteiger partial charge on any atom is 0.105 e. The number of rotatable bonds is 1. The van der Waals surface area contributed by atoms with E-state index in [0.717, 1.165) is 5.92 Å². The average molecular weight is 138 g/mol. The molecule has 1 saturated carbocycles. The van der Waals surface area contributed by atoms with Gasteiger partial charge < -0.3 is 4.74 Å². The zero-order valence-electron chi connectivity index (χ0n) is 6.47. The molecule has 0 aromatic heterocycles. The molecule has 0 radical (unpaired) electrons. The van der Waals surface area contributed by atoms with E-state index < -0.39 is 0 Å². The predicted molar refractivity (Wildman–Crippen MR) is 40.8 cm³/mol. The van der Waals surface area contributed by atoms with Crippen molar-refractivity contribution in [1.29, 1.82) is 0 Å². The zero-order chi connectivity index (χ0) is 7.19. The van der Waals surface area contributed by atoms with Gasteiger partial charge >= 0.3 is 0 Å². The molecular formula is C9H14O. The summed E-state index contributed by atoms with van der Waals surface area (Å²) in [7, 11) is 0. The lowest BCUT2D eigenvalue weighted by Gasteiger charge is -2.07. The topological polar surface area (TPSA) is 12.5 Å². The normalized spacial score (nSPS) is 51.7. The van der Waals surface area contributed by atoms with Gasteiger partial charge in [0.2, 0.25) is 0 Å². The third-order valence-electron chi connectivity index (χ3n) is 3.02. The molecule has 1 heterocycles. The Morgan fingerprint density at radius 2 is 2.50 bits per heavy atom. The van der Waals surface area contributed by atoms with Crippen LogP contribution in [0.3, 0.4) is 0 Å². The van der Waals surface area contributed by atoms with Gasteiger partial charge in [0.15, 0.2) is 0 Å². The Morgan fingerprint density at radius 1 is 1.70 bits per heavy atom. The fourth-order valence-electron chi connectivity index (χ4n) is 2.22. The maximum absolute atomic E-state index is 5.61. The van der Waals surface area contributed by atoms with Crippen LogP contribution >= 0.6 is 0 Å². The van der Waals surface area contributed by atoms with Crippen LogP contribution in [0.25, 0.3) is 0 Å². The van der Waals surface area contributed by atoms with Crippen molar-refractivity contribution in [3.63, 3.8) is 0 Å². The molecule has 1 nitrogen and oxygen atoms in total. The lowest BCUT2D eigenvalue weighted by molar-refractivity contribution is 0.255. The molecule has 2 rings (SSSR count). The fraction of sp³-hybridized carbons (Fsp3) is 0.778. The minimum atomic E-state index is 0.252. The van der Waals surface area contributed by atoms with E-state index in [9.17, 15) is 0 Å². The lowest BCUT2D eigenvalue weighted by atomic mass is 9.94. The second-order valence-electron chi connectivity index (χ2n) is 3.52. The van der Waals surface area contributed by atoms with Crippen LogP contribution in [0, 0.1) is 5.92 Å². The average Bonchev–Trinajstić information content (AvgIpc) is 2.52. The van der Waals surface area contributed by atoms with Crippen molar-refractivity contribution >= 4 is 0 Å². The summed E-state index contributed by atoms with van der Waals surface area (Å²) in [6.07, 6.45) is 6.26. The van der Waals surface area contributed by atoms with Crippen molar-refractivity contribution < 1.29 is 4.74 Å². The minimum absolute atomic E-state index is 0.252. The first-order chi connectivity index (χ1) is 4.79. The Balaban J connectivity index is 2.11. The van der Waals surface area contributed by atoms with E-state index in [2.05, 4.69) is 13.5 Å². The minimum Gasteiger partial charge on any atom is -0.361 e. The van der Waals surface area contributed by atoms with Crippen LogP contribution in [0.2, 0.25) is 0 Å². The molecule has 0 aromatic rings. The van der Waals surface area contributed by atoms with Crippen LogP contribution in [-0.4, -0.2) is 11.7 Å². The van der Waals surface area contributed by atoms with Gasteiger partial charge in [-0.05, 0) is 18.8 Å². The molecule has 1 heteroatoms. The second-order valence-corrected chi connectivity index (χ2v) is 3.52. The Morgan fingerprint density at radius 3 is 2.90 bits per heavy atom. The maximum atomic E-state index is 5.61. The molecule has 0 N–H and O–H groups in total. The number of hydrogen-bond donors (Lipinski definition) is 0. The van der Waals surface area contributed by atoms with E-state index in [1.54, 1.807) is 0 Å². The molecule has 3 unspecified atom stereocenters. The van der Waals surface area contributed by atoms with Crippen molar-refractivity contribution in [1.82, 2.24) is 0 Å². The van der Waals surface area contributed by atoms with Crippen molar-refractivity contribution in [2.75, 3.05) is 0 Å². The van der Waals surface area contributed by atoms with Gasteiger partial charge in [-0.3, -0.25) is 0 Å². The van der Waals surface area contributed by atoms with Gasteiger partial charge in [0, 0.05) is 0 Å². The van der Waals surface area contributed by atoms with Gasteiger partial charge in [0.05, 0.1) is 0 Å². The van der Waals surface area contributed by atoms with Gasteiger partial charge in [-0.2, -0.15) is 0 Å². The zero-order valence-corrected chi connectivity index (χ0v) is 6.47. The third kappa shape index (κ3) is 0.615. The van der Waals surface area contributed by atoms with E-state index in [0.29, 0.717) is 6.10 Å². The van der Waals surface area contributed by atoms with E-state index in [-0.39, 0.29) is 5.60 Å². The predicted octanol–water partition coefficient (Wildman–Crippen LogP) is 2.13.